The Balaban J connectivity index is 1.36. The van der Waals surface area contributed by atoms with E-state index < -0.39 is 30.9 Å². The molecule has 13 heteroatoms. The van der Waals surface area contributed by atoms with E-state index in [-0.39, 0.29) is 16.7 Å². The van der Waals surface area contributed by atoms with Gasteiger partial charge in [0.1, 0.15) is 5.82 Å². The molecule has 0 atom stereocenters. The van der Waals surface area contributed by atoms with Gasteiger partial charge in [-0.15, -0.1) is 0 Å². The zero-order valence-electron chi connectivity index (χ0n) is 22.3. The van der Waals surface area contributed by atoms with E-state index in [0.29, 0.717) is 87.1 Å². The van der Waals surface area contributed by atoms with Crippen LogP contribution in [0.5, 0.6) is 0 Å². The highest BCUT2D eigenvalue weighted by Gasteiger charge is 2.33. The second kappa shape index (κ2) is 13.0. The second-order valence-electron chi connectivity index (χ2n) is 10.4. The number of benzene rings is 2. The third-order valence-corrected chi connectivity index (χ3v) is 12.0. The predicted molar refractivity (Wildman–Crippen MR) is 156 cm³/mol. The van der Waals surface area contributed by atoms with E-state index in [1.165, 1.54) is 22.7 Å². The largest absolute Gasteiger partial charge is 0.312 e. The number of likely N-dealkylation sites (tertiary alicyclic amines) is 1. The van der Waals surface area contributed by atoms with Gasteiger partial charge in [0.05, 0.1) is 26.4 Å². The first-order valence-electron chi connectivity index (χ1n) is 13.3. The lowest BCUT2D eigenvalue weighted by Crippen LogP contribution is -2.45. The van der Waals surface area contributed by atoms with Crippen molar-refractivity contribution in [1.82, 2.24) is 9.21 Å². The highest BCUT2D eigenvalue weighted by molar-refractivity contribution is 7.92. The molecule has 2 aromatic rings. The van der Waals surface area contributed by atoms with E-state index in [4.69, 9.17) is 23.2 Å². The van der Waals surface area contributed by atoms with Crippen LogP contribution in [0.1, 0.15) is 32.1 Å². The molecule has 0 aliphatic carbocycles. The van der Waals surface area contributed by atoms with Gasteiger partial charge in [-0.25, -0.2) is 25.5 Å². The number of sulfonamides is 1. The van der Waals surface area contributed by atoms with Crippen molar-refractivity contribution in [2.24, 2.45) is 5.92 Å². The number of anilines is 1. The molecule has 40 heavy (non-hydrogen) atoms. The fourth-order valence-electron chi connectivity index (χ4n) is 5.39. The number of hydrogen-bond acceptors (Lipinski definition) is 6. The average Bonchev–Trinajstić information content (AvgIpc) is 2.92. The minimum atomic E-state index is -3.53. The van der Waals surface area contributed by atoms with Crippen molar-refractivity contribution >= 4 is 54.7 Å². The number of halogens is 3. The highest BCUT2D eigenvalue weighted by atomic mass is 35.5. The topological polar surface area (TPSA) is 95.1 Å². The Bertz CT molecular complexity index is 1410. The molecule has 1 amide bonds. The number of piperidine rings is 2. The molecule has 2 heterocycles. The average molecular weight is 635 g/mol. The first kappa shape index (κ1) is 31.2. The maximum absolute atomic E-state index is 13.6. The Morgan fingerprint density at radius 2 is 1.55 bits per heavy atom. The van der Waals surface area contributed by atoms with Crippen LogP contribution in [0, 0.1) is 11.7 Å². The van der Waals surface area contributed by atoms with E-state index in [9.17, 15) is 26.0 Å². The summed E-state index contributed by atoms with van der Waals surface area (Å²) in [7, 11) is -6.82. The number of amides is 1. The van der Waals surface area contributed by atoms with Crippen LogP contribution >= 0.6 is 23.2 Å². The Hall–Kier alpha value is -1.76. The molecule has 2 aliphatic rings. The lowest BCUT2D eigenvalue weighted by molar-refractivity contribution is -0.123. The summed E-state index contributed by atoms with van der Waals surface area (Å²) in [5.41, 5.74) is 0.633. The third kappa shape index (κ3) is 7.54. The fraction of sp³-hybridized carbons (Fsp3) is 0.519. The van der Waals surface area contributed by atoms with Crippen LogP contribution in [-0.2, 0) is 24.7 Å². The standard InChI is InChI=1S/C27H34Cl2FN3O5S2/c1-39(35,36)32-17-9-20(10-18-32)27(34)33(22-5-8-25(28)26(29)19-22)14-2-13-31-15-11-24(12-16-31)40(37,38)23-6-3-21(30)4-7-23/h3-8,19-20,24H,2,9-18H2,1H3. The van der Waals surface area contributed by atoms with Crippen molar-refractivity contribution in [1.29, 1.82) is 0 Å². The monoisotopic (exact) mass is 633 g/mol. The Kier molecular flexibility index (Phi) is 10.2. The normalized spacial score (nSPS) is 18.6. The van der Waals surface area contributed by atoms with Gasteiger partial charge in [0.25, 0.3) is 0 Å². The van der Waals surface area contributed by atoms with Gasteiger partial charge in [0.15, 0.2) is 9.84 Å². The molecule has 0 N–H and O–H groups in total. The van der Waals surface area contributed by atoms with E-state index in [1.54, 1.807) is 23.1 Å². The molecular formula is C27H34Cl2FN3O5S2. The van der Waals surface area contributed by atoms with Crippen LogP contribution in [0.4, 0.5) is 10.1 Å². The molecule has 0 bridgehead atoms. The molecule has 0 aromatic heterocycles. The van der Waals surface area contributed by atoms with Crippen molar-refractivity contribution in [2.75, 3.05) is 50.4 Å². The van der Waals surface area contributed by atoms with Crippen LogP contribution in [0.25, 0.3) is 0 Å². The first-order valence-corrected chi connectivity index (χ1v) is 17.4. The van der Waals surface area contributed by atoms with Gasteiger partial charge in [0.2, 0.25) is 15.9 Å². The van der Waals surface area contributed by atoms with Gasteiger partial charge in [0, 0.05) is 31.2 Å². The lowest BCUT2D eigenvalue weighted by atomic mass is 9.96. The van der Waals surface area contributed by atoms with Crippen molar-refractivity contribution in [3.63, 3.8) is 0 Å². The number of hydrogen-bond donors (Lipinski definition) is 0. The van der Waals surface area contributed by atoms with Gasteiger partial charge < -0.3 is 9.80 Å². The van der Waals surface area contributed by atoms with E-state index in [2.05, 4.69) is 4.90 Å². The number of nitrogens with zero attached hydrogens (tertiary/aromatic N) is 3. The van der Waals surface area contributed by atoms with Crippen molar-refractivity contribution < 1.29 is 26.0 Å². The lowest BCUT2D eigenvalue weighted by Gasteiger charge is -2.34. The molecule has 0 spiro atoms. The first-order chi connectivity index (χ1) is 18.9. The molecule has 2 fully saturated rings. The van der Waals surface area contributed by atoms with Gasteiger partial charge in [-0.3, -0.25) is 4.79 Å². The van der Waals surface area contributed by atoms with E-state index in [1.807, 2.05) is 0 Å². The van der Waals surface area contributed by atoms with Crippen molar-refractivity contribution in [2.45, 2.75) is 42.2 Å². The van der Waals surface area contributed by atoms with E-state index in [0.717, 1.165) is 12.1 Å². The maximum atomic E-state index is 13.6. The van der Waals surface area contributed by atoms with Gasteiger partial charge in [-0.1, -0.05) is 23.2 Å². The second-order valence-corrected chi connectivity index (χ2v) is 15.4. The highest BCUT2D eigenvalue weighted by Crippen LogP contribution is 2.30. The van der Waals surface area contributed by atoms with Crippen LogP contribution < -0.4 is 4.90 Å². The Morgan fingerprint density at radius 1 is 0.925 bits per heavy atom. The number of sulfone groups is 1. The summed E-state index contributed by atoms with van der Waals surface area (Å²) < 4.78 is 64.4. The molecule has 220 valence electrons. The number of carbonyl (C=O) groups excluding carboxylic acids is 1. The molecule has 2 saturated heterocycles. The molecule has 0 radical (unpaired) electrons. The van der Waals surface area contributed by atoms with Crippen LogP contribution in [-0.4, -0.2) is 82.7 Å². The van der Waals surface area contributed by atoms with Gasteiger partial charge in [-0.05, 0) is 94.2 Å². The summed E-state index contributed by atoms with van der Waals surface area (Å²) in [6.45, 7) is 2.93. The minimum absolute atomic E-state index is 0.0735. The summed E-state index contributed by atoms with van der Waals surface area (Å²) >= 11 is 12.4. The SMILES string of the molecule is CS(=O)(=O)N1CCC(C(=O)N(CCCN2CCC(S(=O)(=O)c3ccc(F)cc3)CC2)c2ccc(Cl)c(Cl)c2)CC1. The van der Waals surface area contributed by atoms with Crippen molar-refractivity contribution in [3.8, 4) is 0 Å². The summed E-state index contributed by atoms with van der Waals surface area (Å²) in [5.74, 6) is -0.850. The fourth-order valence-corrected chi connectivity index (χ4v) is 8.28. The molecule has 8 nitrogen and oxygen atoms in total. The summed E-state index contributed by atoms with van der Waals surface area (Å²) in [6.07, 6.45) is 3.68. The third-order valence-electron chi connectivity index (χ3n) is 7.72. The predicted octanol–water partition coefficient (Wildman–Crippen LogP) is 4.47. The molecule has 2 aliphatic heterocycles. The summed E-state index contributed by atoms with van der Waals surface area (Å²) in [5, 5.41) is 0.215. The molecule has 2 aromatic carbocycles. The molecule has 4 rings (SSSR count). The Morgan fingerprint density at radius 3 is 2.12 bits per heavy atom. The zero-order chi connectivity index (χ0) is 29.1. The maximum Gasteiger partial charge on any atom is 0.230 e. The van der Waals surface area contributed by atoms with Gasteiger partial charge in [-0.2, -0.15) is 0 Å². The molecule has 0 unspecified atom stereocenters. The molecular weight excluding hydrogens is 600 g/mol. The zero-order valence-corrected chi connectivity index (χ0v) is 25.5. The van der Waals surface area contributed by atoms with Crippen LogP contribution in [0.2, 0.25) is 10.0 Å². The Labute approximate surface area is 246 Å². The van der Waals surface area contributed by atoms with E-state index >= 15 is 0 Å². The summed E-state index contributed by atoms with van der Waals surface area (Å²) in [4.78, 5) is 17.7. The van der Waals surface area contributed by atoms with Gasteiger partial charge >= 0.3 is 0 Å². The van der Waals surface area contributed by atoms with Crippen LogP contribution in [0.15, 0.2) is 47.4 Å². The van der Waals surface area contributed by atoms with Crippen LogP contribution in [0.3, 0.4) is 0 Å². The quantitative estimate of drug-likeness (QED) is 0.378. The van der Waals surface area contributed by atoms with Crippen molar-refractivity contribution in [3.05, 3.63) is 58.3 Å². The number of carbonyl (C=O) groups is 1. The smallest absolute Gasteiger partial charge is 0.230 e. The summed E-state index contributed by atoms with van der Waals surface area (Å²) in [6, 6.07) is 10.0. The minimum Gasteiger partial charge on any atom is -0.312 e. The number of rotatable bonds is 9. The molecule has 0 saturated carbocycles.